The molecule has 3 N–H and O–H groups in total. The first-order valence-electron chi connectivity index (χ1n) is 6.42. The minimum atomic E-state index is -0.972. The smallest absolute Gasteiger partial charge is 0.305 e. The maximum Gasteiger partial charge on any atom is 0.305 e. The van der Waals surface area contributed by atoms with E-state index < -0.39 is 17.4 Å². The van der Waals surface area contributed by atoms with Gasteiger partial charge in [-0.05, 0) is 34.8 Å². The maximum absolute atomic E-state index is 12.3. The van der Waals surface area contributed by atoms with Crippen LogP contribution in [0, 0.1) is 0 Å². The van der Waals surface area contributed by atoms with Crippen molar-refractivity contribution in [3.8, 4) is 0 Å². The zero-order valence-electron chi connectivity index (χ0n) is 11.1. The number of amides is 1. The Kier molecular flexibility index (Phi) is 4.79. The summed E-state index contributed by atoms with van der Waals surface area (Å²) in [6.45, 7) is 0.811. The Balaban J connectivity index is 2.19. The van der Waals surface area contributed by atoms with Crippen LogP contribution < -0.4 is 10.9 Å². The highest BCUT2D eigenvalue weighted by Gasteiger charge is 2.36. The number of H-pyrrole nitrogens is 1. The van der Waals surface area contributed by atoms with E-state index in [1.807, 2.05) is 0 Å². The van der Waals surface area contributed by atoms with Crippen molar-refractivity contribution in [1.82, 2.24) is 10.3 Å². The maximum atomic E-state index is 12.3. The van der Waals surface area contributed by atoms with Crippen molar-refractivity contribution < 1.29 is 19.4 Å². The average molecular weight is 359 g/mol. The molecule has 114 valence electrons. The van der Waals surface area contributed by atoms with Crippen LogP contribution in [0.25, 0.3) is 0 Å². The third kappa shape index (κ3) is 3.92. The molecule has 2 rings (SSSR count). The van der Waals surface area contributed by atoms with Crippen molar-refractivity contribution >= 4 is 27.8 Å². The molecular weight excluding hydrogens is 344 g/mol. The van der Waals surface area contributed by atoms with Crippen molar-refractivity contribution in [3.05, 3.63) is 32.7 Å². The van der Waals surface area contributed by atoms with Crippen LogP contribution in [0.4, 0.5) is 0 Å². The monoisotopic (exact) mass is 358 g/mol. The Labute approximate surface area is 128 Å². The van der Waals surface area contributed by atoms with Crippen LogP contribution in [0.1, 0.15) is 29.6 Å². The van der Waals surface area contributed by atoms with Gasteiger partial charge >= 0.3 is 5.97 Å². The lowest BCUT2D eigenvalue weighted by Gasteiger charge is -2.36. The number of ether oxygens (including phenoxy) is 1. The van der Waals surface area contributed by atoms with E-state index >= 15 is 0 Å². The number of aliphatic carboxylic acids is 1. The summed E-state index contributed by atoms with van der Waals surface area (Å²) in [5, 5.41) is 11.8. The standard InChI is InChI=1S/C13H15BrN2O5/c14-9-5-8(7-15-12(9)20)11(19)16-13(6-10(17)18)1-3-21-4-2-13/h5,7H,1-4,6H2,(H,15,20)(H,16,19)(H,17,18). The highest BCUT2D eigenvalue weighted by atomic mass is 79.9. The highest BCUT2D eigenvalue weighted by molar-refractivity contribution is 9.10. The predicted molar refractivity (Wildman–Crippen MR) is 77.3 cm³/mol. The van der Waals surface area contributed by atoms with E-state index in [1.165, 1.54) is 12.3 Å². The Morgan fingerprint density at radius 2 is 2.10 bits per heavy atom. The Morgan fingerprint density at radius 1 is 1.43 bits per heavy atom. The molecule has 0 saturated carbocycles. The number of halogens is 1. The second-order valence-electron chi connectivity index (χ2n) is 4.98. The minimum absolute atomic E-state index is 0.160. The second-order valence-corrected chi connectivity index (χ2v) is 5.84. The van der Waals surface area contributed by atoms with E-state index in [1.54, 1.807) is 0 Å². The molecule has 0 atom stereocenters. The largest absolute Gasteiger partial charge is 0.481 e. The lowest BCUT2D eigenvalue weighted by Crippen LogP contribution is -2.53. The van der Waals surface area contributed by atoms with E-state index in [4.69, 9.17) is 9.84 Å². The zero-order valence-corrected chi connectivity index (χ0v) is 12.7. The number of carboxylic acids is 1. The zero-order chi connectivity index (χ0) is 15.5. The molecule has 0 aromatic carbocycles. The predicted octanol–water partition coefficient (Wildman–Crippen LogP) is 0.891. The molecule has 8 heteroatoms. The van der Waals surface area contributed by atoms with E-state index in [0.717, 1.165) is 0 Å². The van der Waals surface area contributed by atoms with Crippen LogP contribution in [-0.4, -0.2) is 40.7 Å². The molecule has 0 bridgehead atoms. The van der Waals surface area contributed by atoms with E-state index in [9.17, 15) is 14.4 Å². The Morgan fingerprint density at radius 3 is 2.67 bits per heavy atom. The van der Waals surface area contributed by atoms with Crippen molar-refractivity contribution in [2.24, 2.45) is 0 Å². The Hall–Kier alpha value is -1.67. The molecule has 0 aliphatic carbocycles. The van der Waals surface area contributed by atoms with Gasteiger partial charge in [-0.1, -0.05) is 0 Å². The van der Waals surface area contributed by atoms with Crippen LogP contribution in [0.5, 0.6) is 0 Å². The molecule has 7 nitrogen and oxygen atoms in total. The fraction of sp³-hybridized carbons (Fsp3) is 0.462. The number of rotatable bonds is 4. The molecule has 1 amide bonds. The first-order chi connectivity index (χ1) is 9.92. The number of aromatic nitrogens is 1. The molecule has 1 aromatic heterocycles. The van der Waals surface area contributed by atoms with Crippen molar-refractivity contribution in [2.75, 3.05) is 13.2 Å². The summed E-state index contributed by atoms with van der Waals surface area (Å²) in [5.41, 5.74) is -0.889. The van der Waals surface area contributed by atoms with Gasteiger partial charge in [0.25, 0.3) is 11.5 Å². The molecule has 0 spiro atoms. The first-order valence-corrected chi connectivity index (χ1v) is 7.21. The molecule has 1 aromatic rings. The van der Waals surface area contributed by atoms with Crippen LogP contribution in [0.2, 0.25) is 0 Å². The van der Waals surface area contributed by atoms with Gasteiger partial charge in [0.2, 0.25) is 0 Å². The molecule has 1 saturated heterocycles. The fourth-order valence-corrected chi connectivity index (χ4v) is 2.66. The molecule has 1 fully saturated rings. The third-order valence-electron chi connectivity index (χ3n) is 3.44. The van der Waals surface area contributed by atoms with Gasteiger partial charge in [0, 0.05) is 19.4 Å². The molecular formula is C13H15BrN2O5. The third-order valence-corrected chi connectivity index (χ3v) is 4.03. The summed E-state index contributed by atoms with van der Waals surface area (Å²) in [5.74, 6) is -1.39. The summed E-state index contributed by atoms with van der Waals surface area (Å²) in [7, 11) is 0. The number of carbonyl (C=O) groups is 2. The topological polar surface area (TPSA) is 108 Å². The number of aromatic amines is 1. The molecule has 1 aliphatic heterocycles. The minimum Gasteiger partial charge on any atom is -0.481 e. The second kappa shape index (κ2) is 6.40. The lowest BCUT2D eigenvalue weighted by molar-refractivity contribution is -0.139. The summed E-state index contributed by atoms with van der Waals surface area (Å²) in [6, 6.07) is 1.40. The number of pyridine rings is 1. The van der Waals surface area contributed by atoms with Gasteiger partial charge in [-0.25, -0.2) is 0 Å². The SMILES string of the molecule is O=C(O)CC1(NC(=O)c2c[nH]c(=O)c(Br)c2)CCOCC1. The van der Waals surface area contributed by atoms with Gasteiger partial charge in [0.1, 0.15) is 0 Å². The highest BCUT2D eigenvalue weighted by Crippen LogP contribution is 2.25. The van der Waals surface area contributed by atoms with Crippen LogP contribution in [-0.2, 0) is 9.53 Å². The Bertz CT molecular complexity index is 607. The van der Waals surface area contributed by atoms with Gasteiger partial charge in [0.15, 0.2) is 0 Å². The summed E-state index contributed by atoms with van der Waals surface area (Å²) >= 11 is 3.06. The number of carboxylic acid groups (broad SMARTS) is 1. The number of hydrogen-bond acceptors (Lipinski definition) is 4. The van der Waals surface area contributed by atoms with Crippen molar-refractivity contribution in [2.45, 2.75) is 24.8 Å². The number of nitrogens with one attached hydrogen (secondary N) is 2. The van der Waals surface area contributed by atoms with Gasteiger partial charge in [-0.2, -0.15) is 0 Å². The average Bonchev–Trinajstić information content (AvgIpc) is 2.41. The molecule has 2 heterocycles. The van der Waals surface area contributed by atoms with Crippen LogP contribution in [0.3, 0.4) is 0 Å². The molecule has 0 radical (unpaired) electrons. The van der Waals surface area contributed by atoms with E-state index in [2.05, 4.69) is 26.2 Å². The van der Waals surface area contributed by atoms with Crippen LogP contribution in [0.15, 0.2) is 21.5 Å². The quantitative estimate of drug-likeness (QED) is 0.740. The van der Waals surface area contributed by atoms with Gasteiger partial charge in [0.05, 0.1) is 22.0 Å². The van der Waals surface area contributed by atoms with Crippen LogP contribution >= 0.6 is 15.9 Å². The van der Waals surface area contributed by atoms with Gasteiger partial charge < -0.3 is 20.1 Å². The molecule has 21 heavy (non-hydrogen) atoms. The van der Waals surface area contributed by atoms with Crippen molar-refractivity contribution in [1.29, 1.82) is 0 Å². The van der Waals surface area contributed by atoms with E-state index in [0.29, 0.717) is 26.1 Å². The molecule has 0 unspecified atom stereocenters. The fourth-order valence-electron chi connectivity index (χ4n) is 2.30. The van der Waals surface area contributed by atoms with E-state index in [-0.39, 0.29) is 22.0 Å². The lowest BCUT2D eigenvalue weighted by atomic mass is 9.86. The normalized spacial score (nSPS) is 17.2. The van der Waals surface area contributed by atoms with Gasteiger partial charge in [-0.3, -0.25) is 14.4 Å². The van der Waals surface area contributed by atoms with Gasteiger partial charge in [-0.15, -0.1) is 0 Å². The first kappa shape index (κ1) is 15.7. The summed E-state index contributed by atoms with van der Waals surface area (Å²) in [6.07, 6.45) is 2.02. The summed E-state index contributed by atoms with van der Waals surface area (Å²) in [4.78, 5) is 37.0. The molecule has 1 aliphatic rings. The van der Waals surface area contributed by atoms with Crippen molar-refractivity contribution in [3.63, 3.8) is 0 Å². The summed E-state index contributed by atoms with van der Waals surface area (Å²) < 4.78 is 5.47. The number of carbonyl (C=O) groups excluding carboxylic acids is 1. The number of hydrogen-bond donors (Lipinski definition) is 3.